The van der Waals surface area contributed by atoms with Gasteiger partial charge in [0.15, 0.2) is 0 Å². The summed E-state index contributed by atoms with van der Waals surface area (Å²) in [5, 5.41) is 0. The van der Waals surface area contributed by atoms with E-state index in [1.54, 1.807) is 0 Å². The van der Waals surface area contributed by atoms with Crippen LogP contribution in [0.2, 0.25) is 0 Å². The molecule has 2 aliphatic carbocycles. The Kier molecular flexibility index (Phi) is 2.32. The van der Waals surface area contributed by atoms with E-state index in [1.165, 1.54) is 26.4 Å². The summed E-state index contributed by atoms with van der Waals surface area (Å²) in [5.41, 5.74) is 0.358. The number of hydrogen-bond acceptors (Lipinski definition) is 2. The Morgan fingerprint density at radius 3 is 2.64 bits per heavy atom. The maximum absolute atomic E-state index is 11.3. The summed E-state index contributed by atoms with van der Waals surface area (Å²) in [7, 11) is 1.49. The molecule has 3 unspecified atom stereocenters. The van der Waals surface area contributed by atoms with Crippen LogP contribution in [-0.4, -0.2) is 13.1 Å². The number of carbonyl (C=O) groups excluding carboxylic acids is 1. The molecule has 2 rings (SSSR count). The van der Waals surface area contributed by atoms with E-state index in [0.717, 1.165) is 11.8 Å². The van der Waals surface area contributed by atoms with Crippen molar-refractivity contribution >= 4 is 5.97 Å². The van der Waals surface area contributed by atoms with Crippen LogP contribution >= 0.6 is 0 Å². The summed E-state index contributed by atoms with van der Waals surface area (Å²) in [6, 6.07) is 0. The van der Waals surface area contributed by atoms with Gasteiger partial charge in [-0.2, -0.15) is 0 Å². The Morgan fingerprint density at radius 2 is 2.14 bits per heavy atom. The Hall–Kier alpha value is -0.530. The Bertz CT molecular complexity index is 245. The lowest BCUT2D eigenvalue weighted by Crippen LogP contribution is -2.32. The molecule has 0 aromatic carbocycles. The SMILES string of the molecule is COC(=O)CC1C2CCC(C2)C1(C)C. The minimum Gasteiger partial charge on any atom is -0.469 e. The molecule has 0 saturated heterocycles. The summed E-state index contributed by atoms with van der Waals surface area (Å²) >= 11 is 0. The number of ether oxygens (including phenoxy) is 1. The van der Waals surface area contributed by atoms with Crippen molar-refractivity contribution in [3.63, 3.8) is 0 Å². The molecule has 2 heteroatoms. The van der Waals surface area contributed by atoms with E-state index < -0.39 is 0 Å². The van der Waals surface area contributed by atoms with E-state index in [0.29, 0.717) is 17.8 Å². The van der Waals surface area contributed by atoms with Crippen molar-refractivity contribution in [1.82, 2.24) is 0 Å². The summed E-state index contributed by atoms with van der Waals surface area (Å²) in [5.74, 6) is 2.17. The van der Waals surface area contributed by atoms with Gasteiger partial charge in [0, 0.05) is 6.42 Å². The predicted octanol–water partition coefficient (Wildman–Crippen LogP) is 2.62. The number of fused-ring (bicyclic) bond motifs is 2. The fourth-order valence-electron chi connectivity index (χ4n) is 3.66. The summed E-state index contributed by atoms with van der Waals surface area (Å²) in [6.45, 7) is 4.65. The summed E-state index contributed by atoms with van der Waals surface area (Å²) < 4.78 is 4.77. The molecule has 2 saturated carbocycles. The number of methoxy groups -OCH3 is 1. The van der Waals surface area contributed by atoms with E-state index >= 15 is 0 Å². The highest BCUT2D eigenvalue weighted by molar-refractivity contribution is 5.69. The first-order valence-corrected chi connectivity index (χ1v) is 5.62. The van der Waals surface area contributed by atoms with E-state index in [1.807, 2.05) is 0 Å². The lowest BCUT2D eigenvalue weighted by atomic mass is 9.67. The third-order valence-electron chi connectivity index (χ3n) is 4.66. The second-order valence-corrected chi connectivity index (χ2v) is 5.48. The molecule has 0 spiro atoms. The fraction of sp³-hybridized carbons (Fsp3) is 0.917. The van der Waals surface area contributed by atoms with Crippen molar-refractivity contribution < 1.29 is 9.53 Å². The van der Waals surface area contributed by atoms with Gasteiger partial charge in [-0.05, 0) is 42.4 Å². The van der Waals surface area contributed by atoms with Gasteiger partial charge in [0.05, 0.1) is 7.11 Å². The van der Waals surface area contributed by atoms with Gasteiger partial charge in [0.25, 0.3) is 0 Å². The quantitative estimate of drug-likeness (QED) is 0.635. The van der Waals surface area contributed by atoms with Gasteiger partial charge < -0.3 is 4.74 Å². The molecule has 0 N–H and O–H groups in total. The van der Waals surface area contributed by atoms with Crippen molar-refractivity contribution in [3.05, 3.63) is 0 Å². The van der Waals surface area contributed by atoms with Crippen LogP contribution in [0.5, 0.6) is 0 Å². The predicted molar refractivity (Wildman–Crippen MR) is 54.7 cm³/mol. The molecule has 2 aliphatic rings. The minimum absolute atomic E-state index is 0.0318. The van der Waals surface area contributed by atoms with Crippen LogP contribution in [0.15, 0.2) is 0 Å². The van der Waals surface area contributed by atoms with Gasteiger partial charge in [-0.1, -0.05) is 13.8 Å². The monoisotopic (exact) mass is 196 g/mol. The van der Waals surface area contributed by atoms with Crippen LogP contribution in [0.25, 0.3) is 0 Å². The molecule has 0 aromatic heterocycles. The first-order chi connectivity index (χ1) is 6.55. The van der Waals surface area contributed by atoms with Gasteiger partial charge >= 0.3 is 5.97 Å². The molecular formula is C12H20O2. The smallest absolute Gasteiger partial charge is 0.305 e. The van der Waals surface area contributed by atoms with Crippen molar-refractivity contribution in [2.75, 3.05) is 7.11 Å². The number of carbonyl (C=O) groups is 1. The number of hydrogen-bond donors (Lipinski definition) is 0. The van der Waals surface area contributed by atoms with Crippen LogP contribution in [0, 0.1) is 23.2 Å². The molecule has 2 bridgehead atoms. The van der Waals surface area contributed by atoms with Crippen molar-refractivity contribution in [2.45, 2.75) is 39.5 Å². The molecule has 14 heavy (non-hydrogen) atoms. The number of esters is 1. The Balaban J connectivity index is 2.08. The number of rotatable bonds is 2. The van der Waals surface area contributed by atoms with Gasteiger partial charge in [0.1, 0.15) is 0 Å². The van der Waals surface area contributed by atoms with Gasteiger partial charge in [-0.25, -0.2) is 0 Å². The van der Waals surface area contributed by atoms with Crippen molar-refractivity contribution in [2.24, 2.45) is 23.2 Å². The van der Waals surface area contributed by atoms with Crippen LogP contribution in [0.4, 0.5) is 0 Å². The molecule has 0 amide bonds. The lowest BCUT2D eigenvalue weighted by molar-refractivity contribution is -0.143. The first-order valence-electron chi connectivity index (χ1n) is 5.62. The van der Waals surface area contributed by atoms with Gasteiger partial charge in [0.2, 0.25) is 0 Å². The summed E-state index contributed by atoms with van der Waals surface area (Å²) in [4.78, 5) is 11.3. The zero-order valence-corrected chi connectivity index (χ0v) is 9.38. The third kappa shape index (κ3) is 1.35. The zero-order valence-electron chi connectivity index (χ0n) is 9.38. The maximum atomic E-state index is 11.3. The van der Waals surface area contributed by atoms with E-state index in [2.05, 4.69) is 13.8 Å². The van der Waals surface area contributed by atoms with Crippen molar-refractivity contribution in [3.8, 4) is 0 Å². The third-order valence-corrected chi connectivity index (χ3v) is 4.66. The largest absolute Gasteiger partial charge is 0.469 e. The zero-order chi connectivity index (χ0) is 10.3. The lowest BCUT2D eigenvalue weighted by Gasteiger charge is -2.37. The molecule has 2 fully saturated rings. The molecular weight excluding hydrogens is 176 g/mol. The van der Waals surface area contributed by atoms with Gasteiger partial charge in [-0.15, -0.1) is 0 Å². The van der Waals surface area contributed by atoms with Crippen LogP contribution in [0.1, 0.15) is 39.5 Å². The van der Waals surface area contributed by atoms with Crippen molar-refractivity contribution in [1.29, 1.82) is 0 Å². The second kappa shape index (κ2) is 3.25. The van der Waals surface area contributed by atoms with Crippen LogP contribution < -0.4 is 0 Å². The Labute approximate surface area is 86.0 Å². The first kappa shape index (κ1) is 10.0. The van der Waals surface area contributed by atoms with E-state index in [4.69, 9.17) is 4.74 Å². The average molecular weight is 196 g/mol. The van der Waals surface area contributed by atoms with Crippen LogP contribution in [0.3, 0.4) is 0 Å². The maximum Gasteiger partial charge on any atom is 0.305 e. The fourth-order valence-corrected chi connectivity index (χ4v) is 3.66. The molecule has 0 aliphatic heterocycles. The molecule has 2 nitrogen and oxygen atoms in total. The van der Waals surface area contributed by atoms with Crippen LogP contribution in [-0.2, 0) is 9.53 Å². The van der Waals surface area contributed by atoms with E-state index in [-0.39, 0.29) is 5.97 Å². The molecule has 80 valence electrons. The molecule has 0 radical (unpaired) electrons. The normalized spacial score (nSPS) is 38.6. The molecule has 0 aromatic rings. The topological polar surface area (TPSA) is 26.3 Å². The standard InChI is InChI=1S/C12H20O2/c1-12(2)9-5-4-8(6-9)10(12)7-11(13)14-3/h8-10H,4-7H2,1-3H3. The average Bonchev–Trinajstić information content (AvgIpc) is 2.68. The highest BCUT2D eigenvalue weighted by Crippen LogP contribution is 2.60. The second-order valence-electron chi connectivity index (χ2n) is 5.48. The Morgan fingerprint density at radius 1 is 1.43 bits per heavy atom. The van der Waals surface area contributed by atoms with Gasteiger partial charge in [-0.3, -0.25) is 4.79 Å². The van der Waals surface area contributed by atoms with E-state index in [9.17, 15) is 4.79 Å². The summed E-state index contributed by atoms with van der Waals surface area (Å²) in [6.07, 6.45) is 4.67. The highest BCUT2D eigenvalue weighted by atomic mass is 16.5. The minimum atomic E-state index is -0.0318. The molecule has 3 atom stereocenters. The molecule has 0 heterocycles. The highest BCUT2D eigenvalue weighted by Gasteiger charge is 2.52.